The lowest BCUT2D eigenvalue weighted by Crippen LogP contribution is -2.40. The van der Waals surface area contributed by atoms with Gasteiger partial charge in [-0.15, -0.1) is 0 Å². The molecular weight excluding hydrogens is 302 g/mol. The molecule has 23 heavy (non-hydrogen) atoms. The number of carbonyl (C=O) groups is 3. The van der Waals surface area contributed by atoms with E-state index < -0.39 is 0 Å². The lowest BCUT2D eigenvalue weighted by Gasteiger charge is -2.30. The highest BCUT2D eigenvalue weighted by Gasteiger charge is 2.29. The number of fused-ring (bicyclic) bond motifs is 1. The van der Waals surface area contributed by atoms with E-state index in [0.29, 0.717) is 35.6 Å². The quantitative estimate of drug-likeness (QED) is 0.560. The van der Waals surface area contributed by atoms with E-state index in [1.54, 1.807) is 19.1 Å². The minimum absolute atomic E-state index is 0.0638. The van der Waals surface area contributed by atoms with E-state index in [2.05, 4.69) is 0 Å². The van der Waals surface area contributed by atoms with Crippen LogP contribution in [0.3, 0.4) is 0 Å². The molecule has 0 N–H and O–H groups in total. The van der Waals surface area contributed by atoms with E-state index in [9.17, 15) is 14.4 Å². The third-order valence-corrected chi connectivity index (χ3v) is 3.27. The van der Waals surface area contributed by atoms with Gasteiger partial charge < -0.3 is 19.1 Å². The van der Waals surface area contributed by atoms with Crippen molar-refractivity contribution in [2.45, 2.75) is 20.3 Å². The van der Waals surface area contributed by atoms with Crippen LogP contribution in [0.2, 0.25) is 0 Å². The topological polar surface area (TPSA) is 82.1 Å². The third kappa shape index (κ3) is 3.80. The Morgan fingerprint density at radius 3 is 2.78 bits per heavy atom. The van der Waals surface area contributed by atoms with Crippen LogP contribution in [0.5, 0.6) is 11.5 Å². The first-order chi connectivity index (χ1) is 11.1. The summed E-state index contributed by atoms with van der Waals surface area (Å²) in [6.45, 7) is 4.23. The standard InChI is InChI=1S/C16H19NO6/c1-3-21-13-8-11(9-18)7-12-16(13)23-10-14(19)17(12)6-5-15(20)22-4-2/h7-9H,3-6,10H2,1-2H3. The van der Waals surface area contributed by atoms with Crippen molar-refractivity contribution < 1.29 is 28.6 Å². The lowest BCUT2D eigenvalue weighted by molar-refractivity contribution is -0.142. The normalized spacial score (nSPS) is 13.1. The van der Waals surface area contributed by atoms with Crippen molar-refractivity contribution in [3.8, 4) is 11.5 Å². The Kier molecular flexibility index (Phi) is 5.56. The Bertz CT molecular complexity index is 613. The molecule has 0 saturated heterocycles. The lowest BCUT2D eigenvalue weighted by atomic mass is 10.1. The number of esters is 1. The summed E-state index contributed by atoms with van der Waals surface area (Å²) < 4.78 is 15.8. The predicted molar refractivity (Wildman–Crippen MR) is 82.1 cm³/mol. The van der Waals surface area contributed by atoms with Crippen molar-refractivity contribution >= 4 is 23.9 Å². The number of benzene rings is 1. The molecule has 0 saturated carbocycles. The van der Waals surface area contributed by atoms with Crippen molar-refractivity contribution in [1.29, 1.82) is 0 Å². The average Bonchev–Trinajstić information content (AvgIpc) is 2.54. The van der Waals surface area contributed by atoms with Gasteiger partial charge in [-0.2, -0.15) is 0 Å². The van der Waals surface area contributed by atoms with Crippen LogP contribution in [-0.4, -0.2) is 44.5 Å². The minimum Gasteiger partial charge on any atom is -0.490 e. The van der Waals surface area contributed by atoms with E-state index in [1.807, 2.05) is 6.92 Å². The predicted octanol–water partition coefficient (Wildman–Crippen LogP) is 1.58. The molecule has 124 valence electrons. The molecule has 1 aliphatic rings. The minimum atomic E-state index is -0.384. The maximum Gasteiger partial charge on any atom is 0.307 e. The molecule has 1 aromatic carbocycles. The Balaban J connectivity index is 2.32. The number of amides is 1. The zero-order valence-corrected chi connectivity index (χ0v) is 13.2. The zero-order chi connectivity index (χ0) is 16.8. The molecule has 7 nitrogen and oxygen atoms in total. The van der Waals surface area contributed by atoms with Crippen molar-refractivity contribution in [3.05, 3.63) is 17.7 Å². The molecule has 0 fully saturated rings. The Hall–Kier alpha value is -2.57. The van der Waals surface area contributed by atoms with Gasteiger partial charge in [-0.3, -0.25) is 14.4 Å². The summed E-state index contributed by atoms with van der Waals surface area (Å²) in [6, 6.07) is 3.11. The summed E-state index contributed by atoms with van der Waals surface area (Å²) >= 11 is 0. The number of hydrogen-bond acceptors (Lipinski definition) is 6. The van der Waals surface area contributed by atoms with Crippen LogP contribution in [0.15, 0.2) is 12.1 Å². The first-order valence-corrected chi connectivity index (χ1v) is 7.45. The Morgan fingerprint density at radius 1 is 1.35 bits per heavy atom. The van der Waals surface area contributed by atoms with Gasteiger partial charge in [0.05, 0.1) is 25.3 Å². The van der Waals surface area contributed by atoms with Gasteiger partial charge in [0.15, 0.2) is 18.1 Å². The van der Waals surface area contributed by atoms with E-state index in [-0.39, 0.29) is 38.1 Å². The first-order valence-electron chi connectivity index (χ1n) is 7.45. The average molecular weight is 321 g/mol. The van der Waals surface area contributed by atoms with Crippen molar-refractivity contribution in [3.63, 3.8) is 0 Å². The van der Waals surface area contributed by atoms with Gasteiger partial charge in [0.2, 0.25) is 0 Å². The van der Waals surface area contributed by atoms with Crippen LogP contribution in [0, 0.1) is 0 Å². The highest BCUT2D eigenvalue weighted by Crippen LogP contribution is 2.41. The number of nitrogens with zero attached hydrogens (tertiary/aromatic N) is 1. The van der Waals surface area contributed by atoms with Gasteiger partial charge in [-0.05, 0) is 26.0 Å². The largest absolute Gasteiger partial charge is 0.490 e. The maximum absolute atomic E-state index is 12.1. The maximum atomic E-state index is 12.1. The molecule has 2 rings (SSSR count). The summed E-state index contributed by atoms with van der Waals surface area (Å²) in [6.07, 6.45) is 0.736. The second-order valence-electron chi connectivity index (χ2n) is 4.81. The fourth-order valence-corrected chi connectivity index (χ4v) is 2.31. The van der Waals surface area contributed by atoms with Gasteiger partial charge >= 0.3 is 5.97 Å². The van der Waals surface area contributed by atoms with Gasteiger partial charge in [-0.25, -0.2) is 0 Å². The number of rotatable bonds is 7. The van der Waals surface area contributed by atoms with Crippen molar-refractivity contribution in [2.75, 3.05) is 31.3 Å². The fraction of sp³-hybridized carbons (Fsp3) is 0.438. The molecule has 1 amide bonds. The molecule has 7 heteroatoms. The van der Waals surface area contributed by atoms with Crippen LogP contribution in [0.4, 0.5) is 5.69 Å². The highest BCUT2D eigenvalue weighted by atomic mass is 16.5. The van der Waals surface area contributed by atoms with E-state index in [0.717, 1.165) is 0 Å². The monoisotopic (exact) mass is 321 g/mol. The number of carbonyl (C=O) groups excluding carboxylic acids is 3. The van der Waals surface area contributed by atoms with E-state index in [1.165, 1.54) is 4.90 Å². The van der Waals surface area contributed by atoms with Gasteiger partial charge in [-0.1, -0.05) is 0 Å². The second-order valence-corrected chi connectivity index (χ2v) is 4.81. The number of anilines is 1. The summed E-state index contributed by atoms with van der Waals surface area (Å²) in [5.41, 5.74) is 0.797. The van der Waals surface area contributed by atoms with Crippen LogP contribution in [0.25, 0.3) is 0 Å². The van der Waals surface area contributed by atoms with Crippen LogP contribution >= 0.6 is 0 Å². The molecule has 0 unspecified atom stereocenters. The molecule has 0 atom stereocenters. The number of hydrogen-bond donors (Lipinski definition) is 0. The van der Waals surface area contributed by atoms with E-state index >= 15 is 0 Å². The summed E-state index contributed by atoms with van der Waals surface area (Å²) in [7, 11) is 0. The third-order valence-electron chi connectivity index (χ3n) is 3.27. The molecule has 1 aliphatic heterocycles. The molecule has 0 aromatic heterocycles. The van der Waals surface area contributed by atoms with Crippen LogP contribution < -0.4 is 14.4 Å². The molecule has 0 aliphatic carbocycles. The summed E-state index contributed by atoms with van der Waals surface area (Å²) in [4.78, 5) is 36.2. The summed E-state index contributed by atoms with van der Waals surface area (Å²) in [5, 5.41) is 0. The van der Waals surface area contributed by atoms with Crippen molar-refractivity contribution in [1.82, 2.24) is 0 Å². The van der Waals surface area contributed by atoms with Gasteiger partial charge in [0.1, 0.15) is 6.29 Å². The van der Waals surface area contributed by atoms with Gasteiger partial charge in [0.25, 0.3) is 5.91 Å². The molecule has 1 aromatic rings. The second kappa shape index (κ2) is 7.62. The smallest absolute Gasteiger partial charge is 0.307 e. The molecule has 0 bridgehead atoms. The van der Waals surface area contributed by atoms with Gasteiger partial charge in [0, 0.05) is 12.1 Å². The Labute approximate surface area is 134 Å². The zero-order valence-electron chi connectivity index (χ0n) is 13.2. The van der Waals surface area contributed by atoms with Crippen molar-refractivity contribution in [2.24, 2.45) is 0 Å². The Morgan fingerprint density at radius 2 is 2.13 bits per heavy atom. The molecular formula is C16H19NO6. The SMILES string of the molecule is CCOC(=O)CCN1C(=O)COc2c(OCC)cc(C=O)cc21. The molecule has 0 spiro atoms. The number of ether oxygens (including phenoxy) is 3. The van der Waals surface area contributed by atoms with Crippen LogP contribution in [0.1, 0.15) is 30.6 Å². The fourth-order valence-electron chi connectivity index (χ4n) is 2.31. The van der Waals surface area contributed by atoms with Crippen LogP contribution in [-0.2, 0) is 14.3 Å². The molecule has 0 radical (unpaired) electrons. The molecule has 1 heterocycles. The highest BCUT2D eigenvalue weighted by molar-refractivity contribution is 6.00. The van der Waals surface area contributed by atoms with E-state index in [4.69, 9.17) is 14.2 Å². The first kappa shape index (κ1) is 16.8. The summed E-state index contributed by atoms with van der Waals surface area (Å²) in [5.74, 6) is 0.138. The number of aldehydes is 1.